The Hall–Kier alpha value is -2.18. The van der Waals surface area contributed by atoms with Gasteiger partial charge in [0.15, 0.2) is 15.6 Å². The third kappa shape index (κ3) is 5.78. The number of benzene rings is 2. The van der Waals surface area contributed by atoms with Crippen LogP contribution in [-0.2, 0) is 26.7 Å². The molecule has 0 saturated carbocycles. The van der Waals surface area contributed by atoms with Crippen LogP contribution in [0.15, 0.2) is 42.5 Å². The third-order valence-corrected chi connectivity index (χ3v) is 8.59. The van der Waals surface area contributed by atoms with Crippen molar-refractivity contribution < 1.29 is 17.9 Å². The molecule has 32 heavy (non-hydrogen) atoms. The van der Waals surface area contributed by atoms with E-state index in [1.54, 1.807) is 39.0 Å². The van der Waals surface area contributed by atoms with E-state index in [-0.39, 0.29) is 23.7 Å². The predicted octanol–water partition coefficient (Wildman–Crippen LogP) is 4.75. The molecule has 0 amide bonds. The van der Waals surface area contributed by atoms with Gasteiger partial charge in [-0.05, 0) is 76.4 Å². The highest BCUT2D eigenvalue weighted by Gasteiger charge is 2.29. The van der Waals surface area contributed by atoms with Gasteiger partial charge in [0, 0.05) is 30.8 Å². The van der Waals surface area contributed by atoms with Gasteiger partial charge in [-0.2, -0.15) is 0 Å². The molecule has 1 heterocycles. The number of anilines is 1. The van der Waals surface area contributed by atoms with Crippen LogP contribution in [0.4, 0.5) is 5.69 Å². The molecule has 2 atom stereocenters. The first kappa shape index (κ1) is 24.5. The Labute approximate surface area is 192 Å². The summed E-state index contributed by atoms with van der Waals surface area (Å²) in [6.07, 6.45) is 0.712. The van der Waals surface area contributed by atoms with Gasteiger partial charge in [0.05, 0.1) is 22.7 Å². The molecule has 0 aromatic heterocycles. The van der Waals surface area contributed by atoms with Crippen molar-refractivity contribution in [3.8, 4) is 0 Å². The van der Waals surface area contributed by atoms with Crippen molar-refractivity contribution in [1.82, 2.24) is 0 Å². The molecule has 2 aromatic carbocycles. The monoisotopic (exact) mass is 457 g/mol. The summed E-state index contributed by atoms with van der Waals surface area (Å²) in [6, 6.07) is 13.5. The molecule has 0 unspecified atom stereocenters. The molecule has 1 aliphatic rings. The maximum absolute atomic E-state index is 12.8. The van der Waals surface area contributed by atoms with Crippen LogP contribution in [0.1, 0.15) is 61.7 Å². The first-order valence-electron chi connectivity index (χ1n) is 11.2. The molecule has 3 rings (SSSR count). The minimum Gasteiger partial charge on any atom is -0.372 e. The summed E-state index contributed by atoms with van der Waals surface area (Å²) in [5.74, 6) is 0.0107. The molecule has 1 aliphatic heterocycles. The highest BCUT2D eigenvalue weighted by atomic mass is 32.2. The number of aryl methyl sites for hydroxylation is 1. The average Bonchev–Trinajstić information content (AvgIpc) is 2.68. The second-order valence-electron chi connectivity index (χ2n) is 9.94. The molecule has 0 aliphatic carbocycles. The number of sulfone groups is 1. The fraction of sp³-hybridized carbons (Fsp3) is 0.500. The smallest absolute Gasteiger partial charge is 0.167 e. The van der Waals surface area contributed by atoms with Crippen LogP contribution in [0.3, 0.4) is 0 Å². The lowest BCUT2D eigenvalue weighted by Gasteiger charge is -2.36. The molecule has 0 N–H and O–H groups in total. The summed E-state index contributed by atoms with van der Waals surface area (Å²) >= 11 is 0. The van der Waals surface area contributed by atoms with Crippen molar-refractivity contribution >= 4 is 21.3 Å². The van der Waals surface area contributed by atoms with E-state index in [4.69, 9.17) is 4.74 Å². The van der Waals surface area contributed by atoms with Crippen molar-refractivity contribution in [2.45, 2.75) is 70.7 Å². The number of rotatable bonds is 6. The molecule has 2 aromatic rings. The molecule has 0 radical (unpaired) electrons. The van der Waals surface area contributed by atoms with Crippen LogP contribution in [0.5, 0.6) is 0 Å². The maximum Gasteiger partial charge on any atom is 0.167 e. The maximum atomic E-state index is 12.8. The minimum atomic E-state index is -3.27. The molecule has 5 nitrogen and oxygen atoms in total. The summed E-state index contributed by atoms with van der Waals surface area (Å²) < 4.78 is 30.1. The Kier molecular flexibility index (Phi) is 7.15. The zero-order valence-corrected chi connectivity index (χ0v) is 20.8. The number of nitrogens with zero attached hydrogens (tertiary/aromatic N) is 1. The Morgan fingerprint density at radius 2 is 1.62 bits per heavy atom. The van der Waals surface area contributed by atoms with Crippen molar-refractivity contribution in [1.29, 1.82) is 0 Å². The predicted molar refractivity (Wildman–Crippen MR) is 130 cm³/mol. The van der Waals surface area contributed by atoms with E-state index in [2.05, 4.69) is 30.9 Å². The number of ketones is 1. The van der Waals surface area contributed by atoms with Crippen LogP contribution >= 0.6 is 0 Å². The van der Waals surface area contributed by atoms with E-state index in [0.29, 0.717) is 12.0 Å². The topological polar surface area (TPSA) is 63.7 Å². The summed E-state index contributed by atoms with van der Waals surface area (Å²) in [5, 5.41) is 0. The number of hydrogen-bond acceptors (Lipinski definition) is 5. The molecular weight excluding hydrogens is 422 g/mol. The van der Waals surface area contributed by atoms with Gasteiger partial charge in [-0.1, -0.05) is 24.3 Å². The Bertz CT molecular complexity index is 1060. The van der Waals surface area contributed by atoms with E-state index < -0.39 is 14.6 Å². The van der Waals surface area contributed by atoms with E-state index in [9.17, 15) is 13.2 Å². The number of carbonyl (C=O) groups excluding carboxylic acids is 1. The molecule has 6 heteroatoms. The summed E-state index contributed by atoms with van der Waals surface area (Å²) in [4.78, 5) is 15.2. The van der Waals surface area contributed by atoms with Crippen LogP contribution in [0.25, 0.3) is 0 Å². The van der Waals surface area contributed by atoms with Crippen LogP contribution < -0.4 is 4.90 Å². The fourth-order valence-electron chi connectivity index (χ4n) is 3.95. The summed E-state index contributed by atoms with van der Waals surface area (Å²) in [5.41, 5.74) is 4.29. The normalized spacial score (nSPS) is 19.8. The molecule has 174 valence electrons. The van der Waals surface area contributed by atoms with Gasteiger partial charge in [0.25, 0.3) is 0 Å². The van der Waals surface area contributed by atoms with Gasteiger partial charge < -0.3 is 9.64 Å². The number of carbonyl (C=O) groups is 1. The lowest BCUT2D eigenvalue weighted by molar-refractivity contribution is -0.00521. The van der Waals surface area contributed by atoms with Gasteiger partial charge in [0.2, 0.25) is 0 Å². The molecule has 0 bridgehead atoms. The quantitative estimate of drug-likeness (QED) is 0.586. The van der Waals surface area contributed by atoms with E-state index in [1.165, 1.54) is 0 Å². The van der Waals surface area contributed by atoms with Gasteiger partial charge >= 0.3 is 0 Å². The summed E-state index contributed by atoms with van der Waals surface area (Å²) in [7, 11) is -3.27. The lowest BCUT2D eigenvalue weighted by atomic mass is 9.99. The fourth-order valence-corrected chi connectivity index (χ4v) is 5.12. The second kappa shape index (κ2) is 9.36. The molecule has 0 spiro atoms. The first-order chi connectivity index (χ1) is 14.9. The standard InChI is InChI=1S/C26H35NO4S/c1-18-13-22(9-10-23(18)17-32(29,30)26(4,5)6)25(28)14-21-7-11-24(12-8-21)27-15-19(2)31-20(3)16-27/h7-13,19-20H,14-17H2,1-6H3/t19-,20+. The van der Waals surface area contributed by atoms with Crippen molar-refractivity contribution in [2.75, 3.05) is 18.0 Å². The van der Waals surface area contributed by atoms with Gasteiger partial charge in [-0.25, -0.2) is 8.42 Å². The van der Waals surface area contributed by atoms with Crippen molar-refractivity contribution in [3.63, 3.8) is 0 Å². The third-order valence-electron chi connectivity index (χ3n) is 6.03. The SMILES string of the molecule is Cc1cc(C(=O)Cc2ccc(N3C[C@@H](C)O[C@@H](C)C3)cc2)ccc1CS(=O)(=O)C(C)(C)C. The second-order valence-corrected chi connectivity index (χ2v) is 12.7. The average molecular weight is 458 g/mol. The highest BCUT2D eigenvalue weighted by Crippen LogP contribution is 2.24. The van der Waals surface area contributed by atoms with Crippen LogP contribution in [0.2, 0.25) is 0 Å². The van der Waals surface area contributed by atoms with Crippen LogP contribution in [-0.4, -0.2) is 44.2 Å². The molecule has 1 fully saturated rings. The van der Waals surface area contributed by atoms with Gasteiger partial charge in [-0.15, -0.1) is 0 Å². The Balaban J connectivity index is 1.68. The van der Waals surface area contributed by atoms with Crippen molar-refractivity contribution in [3.05, 3.63) is 64.7 Å². The minimum absolute atomic E-state index is 0.0168. The van der Waals surface area contributed by atoms with E-state index in [1.807, 2.05) is 19.1 Å². The van der Waals surface area contributed by atoms with Crippen LogP contribution in [0, 0.1) is 6.92 Å². The van der Waals surface area contributed by atoms with E-state index in [0.717, 1.165) is 35.5 Å². The Morgan fingerprint density at radius 1 is 1.03 bits per heavy atom. The zero-order valence-electron chi connectivity index (χ0n) is 20.0. The number of ether oxygens (including phenoxy) is 1. The zero-order chi connectivity index (χ0) is 23.7. The van der Waals surface area contributed by atoms with Crippen molar-refractivity contribution in [2.24, 2.45) is 0 Å². The van der Waals surface area contributed by atoms with Gasteiger partial charge in [-0.3, -0.25) is 4.79 Å². The Morgan fingerprint density at radius 3 is 2.16 bits per heavy atom. The number of hydrogen-bond donors (Lipinski definition) is 0. The molecular formula is C26H35NO4S. The number of morpholine rings is 1. The van der Waals surface area contributed by atoms with Gasteiger partial charge in [0.1, 0.15) is 0 Å². The highest BCUT2D eigenvalue weighted by molar-refractivity contribution is 7.91. The largest absolute Gasteiger partial charge is 0.372 e. The number of Topliss-reactive ketones (excluding diaryl/α,β-unsaturated/α-hetero) is 1. The summed E-state index contributed by atoms with van der Waals surface area (Å²) in [6.45, 7) is 12.9. The molecule has 1 saturated heterocycles. The lowest BCUT2D eigenvalue weighted by Crippen LogP contribution is -2.45. The van der Waals surface area contributed by atoms with E-state index >= 15 is 0 Å². The first-order valence-corrected chi connectivity index (χ1v) is 12.9.